The molecule has 0 spiro atoms. The van der Waals surface area contributed by atoms with Gasteiger partial charge < -0.3 is 0 Å². The summed E-state index contributed by atoms with van der Waals surface area (Å²) < 4.78 is 0. The summed E-state index contributed by atoms with van der Waals surface area (Å²) in [5, 5.41) is 10.4. The lowest BCUT2D eigenvalue weighted by Crippen LogP contribution is -2.18. The lowest BCUT2D eigenvalue weighted by atomic mass is 9.90. The van der Waals surface area contributed by atoms with Crippen molar-refractivity contribution in [3.63, 3.8) is 0 Å². The number of nitrogens with zero attached hydrogens (tertiary/aromatic N) is 1. The summed E-state index contributed by atoms with van der Waals surface area (Å²) in [4.78, 5) is 22.0. The van der Waals surface area contributed by atoms with Crippen molar-refractivity contribution in [2.75, 3.05) is 0 Å². The highest BCUT2D eigenvalue weighted by Gasteiger charge is 2.25. The summed E-state index contributed by atoms with van der Waals surface area (Å²) in [5.41, 5.74) is -0.487. The van der Waals surface area contributed by atoms with Crippen LogP contribution >= 0.6 is 11.3 Å². The molecule has 1 rings (SSSR count). The minimum atomic E-state index is -0.487. The van der Waals surface area contributed by atoms with Crippen molar-refractivity contribution in [3.05, 3.63) is 27.1 Å². The third-order valence-corrected chi connectivity index (χ3v) is 2.71. The molecule has 0 saturated carbocycles. The Bertz CT molecular complexity index is 376. The van der Waals surface area contributed by atoms with E-state index in [4.69, 9.17) is 0 Å². The molecule has 0 N–H and O–H groups in total. The van der Waals surface area contributed by atoms with Gasteiger partial charge in [0.05, 0.1) is 9.80 Å². The summed E-state index contributed by atoms with van der Waals surface area (Å²) in [7, 11) is 0. The van der Waals surface area contributed by atoms with E-state index in [1.807, 2.05) is 0 Å². The molecule has 0 aliphatic carbocycles. The molecule has 1 aromatic rings. The number of nitro groups is 1. The maximum atomic E-state index is 11.7. The summed E-state index contributed by atoms with van der Waals surface area (Å²) in [6.45, 7) is 5.38. The van der Waals surface area contributed by atoms with E-state index >= 15 is 0 Å². The van der Waals surface area contributed by atoms with Gasteiger partial charge in [0.25, 0.3) is 0 Å². The largest absolute Gasteiger partial charge is 0.324 e. The zero-order valence-electron chi connectivity index (χ0n) is 8.23. The summed E-state index contributed by atoms with van der Waals surface area (Å²) >= 11 is 0.927. The average molecular weight is 213 g/mol. The van der Waals surface area contributed by atoms with Gasteiger partial charge in [0.15, 0.2) is 5.78 Å². The Labute approximate surface area is 85.7 Å². The molecule has 0 bridgehead atoms. The molecule has 0 radical (unpaired) electrons. The number of thiophene rings is 1. The van der Waals surface area contributed by atoms with Crippen LogP contribution in [0, 0.1) is 15.5 Å². The van der Waals surface area contributed by atoms with Crippen molar-refractivity contribution in [2.24, 2.45) is 5.41 Å². The number of hydrogen-bond donors (Lipinski definition) is 0. The molecule has 0 unspecified atom stereocenters. The maximum Gasteiger partial charge on any atom is 0.324 e. The van der Waals surface area contributed by atoms with Crippen LogP contribution in [0.25, 0.3) is 0 Å². The van der Waals surface area contributed by atoms with Crippen LogP contribution in [-0.4, -0.2) is 10.7 Å². The zero-order valence-corrected chi connectivity index (χ0v) is 9.05. The van der Waals surface area contributed by atoms with Crippen LogP contribution in [0.1, 0.15) is 30.4 Å². The first-order chi connectivity index (χ1) is 6.32. The monoisotopic (exact) mass is 213 g/mol. The highest BCUT2D eigenvalue weighted by molar-refractivity contribution is 7.17. The number of rotatable bonds is 2. The maximum absolute atomic E-state index is 11.7. The highest BCUT2D eigenvalue weighted by atomic mass is 32.1. The van der Waals surface area contributed by atoms with Crippen molar-refractivity contribution in [1.29, 1.82) is 0 Å². The minimum Gasteiger partial charge on any atom is -0.293 e. The fourth-order valence-corrected chi connectivity index (χ4v) is 1.89. The number of Topliss-reactive ketones (excluding diaryl/α,β-unsaturated/α-hetero) is 1. The molecule has 0 aliphatic rings. The number of ketones is 1. The molecule has 0 saturated heterocycles. The molecule has 5 heteroatoms. The molecule has 0 aromatic carbocycles. The minimum absolute atomic E-state index is 0.0117. The van der Waals surface area contributed by atoms with E-state index in [0.29, 0.717) is 4.88 Å². The number of carbonyl (C=O) groups excluding carboxylic acids is 1. The smallest absolute Gasteiger partial charge is 0.293 e. The molecular weight excluding hydrogens is 202 g/mol. The fourth-order valence-electron chi connectivity index (χ4n) is 0.917. The Kier molecular flexibility index (Phi) is 2.71. The van der Waals surface area contributed by atoms with Crippen molar-refractivity contribution in [1.82, 2.24) is 0 Å². The van der Waals surface area contributed by atoms with Gasteiger partial charge in [-0.1, -0.05) is 32.1 Å². The van der Waals surface area contributed by atoms with Gasteiger partial charge in [-0.25, -0.2) is 0 Å². The van der Waals surface area contributed by atoms with Gasteiger partial charge in [-0.15, -0.1) is 0 Å². The van der Waals surface area contributed by atoms with Gasteiger partial charge in [0.1, 0.15) is 0 Å². The average Bonchev–Trinajstić information content (AvgIpc) is 2.48. The number of hydrogen-bond acceptors (Lipinski definition) is 4. The standard InChI is InChI=1S/C9H11NO3S/c1-9(2,3)8(11)6-4-5-7(14-6)10(12)13/h4-5H,1-3H3. The van der Waals surface area contributed by atoms with E-state index in [-0.39, 0.29) is 10.8 Å². The first kappa shape index (κ1) is 10.8. The second-order valence-corrected chi connectivity index (χ2v) is 5.04. The van der Waals surface area contributed by atoms with Gasteiger partial charge in [-0.3, -0.25) is 14.9 Å². The van der Waals surface area contributed by atoms with E-state index in [1.54, 1.807) is 20.8 Å². The molecule has 0 fully saturated rings. The molecule has 14 heavy (non-hydrogen) atoms. The van der Waals surface area contributed by atoms with Crippen LogP contribution in [0.15, 0.2) is 12.1 Å². The SMILES string of the molecule is CC(C)(C)C(=O)c1ccc([N+](=O)[O-])s1. The van der Waals surface area contributed by atoms with Crippen LogP contribution in [0.5, 0.6) is 0 Å². The lowest BCUT2D eigenvalue weighted by Gasteiger charge is -2.14. The quantitative estimate of drug-likeness (QED) is 0.431. The van der Waals surface area contributed by atoms with Crippen molar-refractivity contribution in [3.8, 4) is 0 Å². The predicted octanol–water partition coefficient (Wildman–Crippen LogP) is 2.89. The van der Waals surface area contributed by atoms with Crippen LogP contribution in [0.3, 0.4) is 0 Å². The highest BCUT2D eigenvalue weighted by Crippen LogP contribution is 2.29. The Morgan fingerprint density at radius 3 is 2.36 bits per heavy atom. The van der Waals surface area contributed by atoms with Gasteiger partial charge in [0.2, 0.25) is 0 Å². The van der Waals surface area contributed by atoms with Crippen molar-refractivity contribution >= 4 is 22.1 Å². The van der Waals surface area contributed by atoms with Crippen LogP contribution < -0.4 is 0 Å². The third kappa shape index (κ3) is 2.17. The van der Waals surface area contributed by atoms with Gasteiger partial charge in [-0.05, 0) is 6.07 Å². The molecule has 1 aromatic heterocycles. The molecule has 0 aliphatic heterocycles. The fraction of sp³-hybridized carbons (Fsp3) is 0.444. The van der Waals surface area contributed by atoms with Gasteiger partial charge >= 0.3 is 5.00 Å². The summed E-state index contributed by atoms with van der Waals surface area (Å²) in [6.07, 6.45) is 0. The van der Waals surface area contributed by atoms with Gasteiger partial charge in [-0.2, -0.15) is 0 Å². The molecule has 76 valence electrons. The second kappa shape index (κ2) is 3.49. The first-order valence-electron chi connectivity index (χ1n) is 4.11. The Hall–Kier alpha value is -1.23. The molecular formula is C9H11NO3S. The van der Waals surface area contributed by atoms with E-state index in [0.717, 1.165) is 11.3 Å². The first-order valence-corrected chi connectivity index (χ1v) is 4.93. The molecule has 4 nitrogen and oxygen atoms in total. The Morgan fingerprint density at radius 1 is 1.43 bits per heavy atom. The predicted molar refractivity (Wildman–Crippen MR) is 54.8 cm³/mol. The second-order valence-electron chi connectivity index (χ2n) is 3.97. The zero-order chi connectivity index (χ0) is 10.9. The Balaban J connectivity index is 2.99. The van der Waals surface area contributed by atoms with E-state index in [9.17, 15) is 14.9 Å². The molecule has 1 heterocycles. The number of carbonyl (C=O) groups is 1. The van der Waals surface area contributed by atoms with Crippen LogP contribution in [0.4, 0.5) is 5.00 Å². The third-order valence-electron chi connectivity index (χ3n) is 1.68. The Morgan fingerprint density at radius 2 is 2.00 bits per heavy atom. The van der Waals surface area contributed by atoms with Crippen molar-refractivity contribution < 1.29 is 9.72 Å². The van der Waals surface area contributed by atoms with Crippen molar-refractivity contribution in [2.45, 2.75) is 20.8 Å². The van der Waals surface area contributed by atoms with Gasteiger partial charge in [0, 0.05) is 11.5 Å². The van der Waals surface area contributed by atoms with E-state index in [1.165, 1.54) is 12.1 Å². The molecule has 0 amide bonds. The summed E-state index contributed by atoms with van der Waals surface area (Å²) in [6, 6.07) is 2.88. The summed E-state index contributed by atoms with van der Waals surface area (Å²) in [5.74, 6) is -0.0596. The topological polar surface area (TPSA) is 60.2 Å². The normalized spacial score (nSPS) is 11.4. The van der Waals surface area contributed by atoms with E-state index in [2.05, 4.69) is 0 Å². The van der Waals surface area contributed by atoms with E-state index < -0.39 is 10.3 Å². The molecule has 0 atom stereocenters. The van der Waals surface area contributed by atoms with Crippen LogP contribution in [0.2, 0.25) is 0 Å². The van der Waals surface area contributed by atoms with Crippen LogP contribution in [-0.2, 0) is 0 Å². The lowest BCUT2D eigenvalue weighted by molar-refractivity contribution is -0.380.